The number of nitrogens with one attached hydrogen (secondary N) is 1. The summed E-state index contributed by atoms with van der Waals surface area (Å²) < 4.78 is 2.18. The molecule has 0 saturated carbocycles. The number of benzene rings is 1. The van der Waals surface area contributed by atoms with E-state index in [0.717, 1.165) is 13.1 Å². The van der Waals surface area contributed by atoms with E-state index in [2.05, 4.69) is 54.3 Å². The van der Waals surface area contributed by atoms with Gasteiger partial charge in [0.1, 0.15) is 0 Å². The molecule has 0 fully saturated rings. The molecule has 1 heterocycles. The van der Waals surface area contributed by atoms with Gasteiger partial charge in [-0.2, -0.15) is 0 Å². The van der Waals surface area contributed by atoms with Crippen LogP contribution in [-0.2, 0) is 13.6 Å². The van der Waals surface area contributed by atoms with Crippen molar-refractivity contribution in [1.29, 1.82) is 0 Å². The number of halogens is 1. The van der Waals surface area contributed by atoms with Crippen LogP contribution in [0.5, 0.6) is 0 Å². The zero-order chi connectivity index (χ0) is 9.97. The first-order valence-electron chi connectivity index (χ1n) is 5.06. The molecule has 1 aromatic heterocycles. The highest BCUT2D eigenvalue weighted by Gasteiger charge is 2.03. The smallest absolute Gasteiger partial charge is 0.0481 e. The van der Waals surface area contributed by atoms with Crippen LogP contribution in [0.25, 0.3) is 10.9 Å². The average molecular weight is 225 g/mol. The van der Waals surface area contributed by atoms with E-state index < -0.39 is 0 Å². The summed E-state index contributed by atoms with van der Waals surface area (Å²) in [6, 6.07) is 8.52. The lowest BCUT2D eigenvalue weighted by molar-refractivity contribution is 0.727. The van der Waals surface area contributed by atoms with Gasteiger partial charge in [0.2, 0.25) is 0 Å². The monoisotopic (exact) mass is 224 g/mol. The summed E-state index contributed by atoms with van der Waals surface area (Å²) in [7, 11) is 2.10. The van der Waals surface area contributed by atoms with E-state index in [0.29, 0.717) is 0 Å². The molecule has 0 aliphatic carbocycles. The number of fused-ring (bicyclic) bond motifs is 1. The van der Waals surface area contributed by atoms with Gasteiger partial charge in [0.15, 0.2) is 0 Å². The fourth-order valence-corrected chi connectivity index (χ4v) is 1.83. The normalized spacial score (nSPS) is 10.3. The van der Waals surface area contributed by atoms with Gasteiger partial charge in [0, 0.05) is 30.7 Å². The highest BCUT2D eigenvalue weighted by molar-refractivity contribution is 5.85. The minimum atomic E-state index is 0. The Morgan fingerprint density at radius 1 is 1.27 bits per heavy atom. The molecule has 0 spiro atoms. The Balaban J connectivity index is 0.00000112. The summed E-state index contributed by atoms with van der Waals surface area (Å²) in [6.07, 6.45) is 2.20. The van der Waals surface area contributed by atoms with Gasteiger partial charge in [0.05, 0.1) is 0 Å². The van der Waals surface area contributed by atoms with E-state index in [1.807, 2.05) is 0 Å². The molecule has 1 N–H and O–H groups in total. The van der Waals surface area contributed by atoms with Crippen LogP contribution in [0, 0.1) is 0 Å². The topological polar surface area (TPSA) is 17.0 Å². The molecule has 2 nitrogen and oxygen atoms in total. The van der Waals surface area contributed by atoms with Crippen LogP contribution >= 0.6 is 12.4 Å². The molecule has 2 rings (SSSR count). The largest absolute Gasteiger partial charge is 0.350 e. The molecule has 0 bridgehead atoms. The first kappa shape index (κ1) is 12.1. The molecule has 15 heavy (non-hydrogen) atoms. The van der Waals surface area contributed by atoms with Crippen molar-refractivity contribution >= 4 is 23.3 Å². The van der Waals surface area contributed by atoms with Crippen molar-refractivity contribution in [2.45, 2.75) is 13.5 Å². The Morgan fingerprint density at radius 2 is 2.00 bits per heavy atom. The lowest BCUT2D eigenvalue weighted by Gasteiger charge is -1.98. The zero-order valence-electron chi connectivity index (χ0n) is 9.16. The van der Waals surface area contributed by atoms with Crippen LogP contribution in [0.15, 0.2) is 30.5 Å². The number of para-hydroxylation sites is 1. The Kier molecular flexibility index (Phi) is 4.18. The maximum atomic E-state index is 3.36. The standard InChI is InChI=1S/C12H16N2.ClH/c1-3-13-8-10-9-14(2)12-7-5-4-6-11(10)12;/h4-7,9,13H,3,8H2,1-2H3;1H. The number of aryl methyl sites for hydroxylation is 1. The van der Waals surface area contributed by atoms with Gasteiger partial charge in [-0.3, -0.25) is 0 Å². The maximum Gasteiger partial charge on any atom is 0.0481 e. The Labute approximate surface area is 96.7 Å². The molecule has 2 aromatic rings. The third-order valence-corrected chi connectivity index (χ3v) is 2.54. The van der Waals surface area contributed by atoms with Crippen LogP contribution in [0.4, 0.5) is 0 Å². The predicted octanol–water partition coefficient (Wildman–Crippen LogP) is 2.71. The number of aromatic nitrogens is 1. The van der Waals surface area contributed by atoms with Crippen molar-refractivity contribution in [3.63, 3.8) is 0 Å². The van der Waals surface area contributed by atoms with Crippen molar-refractivity contribution in [3.8, 4) is 0 Å². The van der Waals surface area contributed by atoms with E-state index in [9.17, 15) is 0 Å². The van der Waals surface area contributed by atoms with Gasteiger partial charge >= 0.3 is 0 Å². The van der Waals surface area contributed by atoms with E-state index in [1.165, 1.54) is 16.5 Å². The predicted molar refractivity (Wildman–Crippen MR) is 67.5 cm³/mol. The molecule has 82 valence electrons. The van der Waals surface area contributed by atoms with Gasteiger partial charge in [-0.25, -0.2) is 0 Å². The number of hydrogen-bond donors (Lipinski definition) is 1. The van der Waals surface area contributed by atoms with Gasteiger partial charge in [0.25, 0.3) is 0 Å². The van der Waals surface area contributed by atoms with Crippen molar-refractivity contribution in [2.24, 2.45) is 7.05 Å². The van der Waals surface area contributed by atoms with Gasteiger partial charge in [-0.1, -0.05) is 25.1 Å². The lowest BCUT2D eigenvalue weighted by Crippen LogP contribution is -2.11. The van der Waals surface area contributed by atoms with Crippen molar-refractivity contribution in [2.75, 3.05) is 6.54 Å². The number of hydrogen-bond acceptors (Lipinski definition) is 1. The van der Waals surface area contributed by atoms with Crippen LogP contribution in [0.1, 0.15) is 12.5 Å². The number of nitrogens with zero attached hydrogens (tertiary/aromatic N) is 1. The summed E-state index contributed by atoms with van der Waals surface area (Å²) in [5.41, 5.74) is 2.69. The van der Waals surface area contributed by atoms with Crippen LogP contribution in [-0.4, -0.2) is 11.1 Å². The van der Waals surface area contributed by atoms with Crippen molar-refractivity contribution in [1.82, 2.24) is 9.88 Å². The molecule has 0 amide bonds. The molecule has 0 radical (unpaired) electrons. The molecule has 0 atom stereocenters. The Morgan fingerprint density at radius 3 is 2.73 bits per heavy atom. The average Bonchev–Trinajstić information content (AvgIpc) is 2.54. The molecule has 0 saturated heterocycles. The van der Waals surface area contributed by atoms with E-state index in [-0.39, 0.29) is 12.4 Å². The third-order valence-electron chi connectivity index (χ3n) is 2.54. The Hall–Kier alpha value is -0.990. The van der Waals surface area contributed by atoms with E-state index in [1.54, 1.807) is 0 Å². The van der Waals surface area contributed by atoms with Crippen molar-refractivity contribution < 1.29 is 0 Å². The first-order valence-corrected chi connectivity index (χ1v) is 5.06. The Bertz CT molecular complexity index is 434. The summed E-state index contributed by atoms with van der Waals surface area (Å²) in [5.74, 6) is 0. The second kappa shape index (κ2) is 5.19. The van der Waals surface area contributed by atoms with Crippen molar-refractivity contribution in [3.05, 3.63) is 36.0 Å². The second-order valence-corrected chi connectivity index (χ2v) is 3.56. The fraction of sp³-hybridized carbons (Fsp3) is 0.333. The molecule has 3 heteroatoms. The highest BCUT2D eigenvalue weighted by Crippen LogP contribution is 2.19. The van der Waals surface area contributed by atoms with Gasteiger partial charge in [-0.05, 0) is 18.2 Å². The van der Waals surface area contributed by atoms with Gasteiger partial charge in [-0.15, -0.1) is 12.4 Å². The zero-order valence-corrected chi connectivity index (χ0v) is 9.97. The number of rotatable bonds is 3. The molecule has 0 unspecified atom stereocenters. The summed E-state index contributed by atoms with van der Waals surface area (Å²) in [5, 5.41) is 4.71. The molecule has 0 aliphatic rings. The molecular weight excluding hydrogens is 208 g/mol. The minimum Gasteiger partial charge on any atom is -0.350 e. The fourth-order valence-electron chi connectivity index (χ4n) is 1.83. The summed E-state index contributed by atoms with van der Waals surface area (Å²) in [4.78, 5) is 0. The van der Waals surface area contributed by atoms with E-state index >= 15 is 0 Å². The summed E-state index contributed by atoms with van der Waals surface area (Å²) >= 11 is 0. The van der Waals surface area contributed by atoms with Crippen LogP contribution in [0.2, 0.25) is 0 Å². The second-order valence-electron chi connectivity index (χ2n) is 3.56. The highest BCUT2D eigenvalue weighted by atomic mass is 35.5. The molecular formula is C12H17ClN2. The third kappa shape index (κ3) is 2.33. The maximum absolute atomic E-state index is 3.36. The minimum absolute atomic E-state index is 0. The van der Waals surface area contributed by atoms with Crippen LogP contribution < -0.4 is 5.32 Å². The summed E-state index contributed by atoms with van der Waals surface area (Å²) in [6.45, 7) is 4.10. The SMILES string of the molecule is CCNCc1cn(C)c2ccccc12.Cl. The first-order chi connectivity index (χ1) is 6.83. The van der Waals surface area contributed by atoms with E-state index in [4.69, 9.17) is 0 Å². The lowest BCUT2D eigenvalue weighted by atomic mass is 10.2. The van der Waals surface area contributed by atoms with Gasteiger partial charge < -0.3 is 9.88 Å². The molecule has 0 aliphatic heterocycles. The molecule has 1 aromatic carbocycles. The van der Waals surface area contributed by atoms with Crippen LogP contribution in [0.3, 0.4) is 0 Å². The quantitative estimate of drug-likeness (QED) is 0.849.